The highest BCUT2D eigenvalue weighted by atomic mass is 32.2. The van der Waals surface area contributed by atoms with E-state index in [2.05, 4.69) is 18.2 Å². The molecule has 4 aromatic carbocycles. The van der Waals surface area contributed by atoms with Gasteiger partial charge in [-0.15, -0.1) is 0 Å². The van der Waals surface area contributed by atoms with Gasteiger partial charge in [0, 0.05) is 0 Å². The molecule has 1 saturated heterocycles. The minimum Gasteiger partial charge on any atom is -0.493 e. The van der Waals surface area contributed by atoms with Gasteiger partial charge in [0.25, 0.3) is 11.1 Å². The summed E-state index contributed by atoms with van der Waals surface area (Å²) >= 11 is 0.954. The summed E-state index contributed by atoms with van der Waals surface area (Å²) in [6, 6.07) is 27.6. The van der Waals surface area contributed by atoms with Crippen LogP contribution in [0.1, 0.15) is 22.3 Å². The Balaban J connectivity index is 1.36. The number of nitrogens with zero attached hydrogens (tertiary/aromatic N) is 1. The third-order valence-corrected chi connectivity index (χ3v) is 6.95. The molecular weight excluding hydrogens is 470 g/mol. The Kier molecular flexibility index (Phi) is 6.78. The van der Waals surface area contributed by atoms with Crippen LogP contribution in [0.2, 0.25) is 0 Å². The first-order valence-corrected chi connectivity index (χ1v) is 12.4. The number of carbonyl (C=O) groups is 2. The molecule has 0 radical (unpaired) electrons. The molecule has 0 atom stereocenters. The van der Waals surface area contributed by atoms with Crippen molar-refractivity contribution in [3.63, 3.8) is 0 Å². The van der Waals surface area contributed by atoms with Gasteiger partial charge in [0.1, 0.15) is 6.61 Å². The SMILES string of the molecule is COc1ccc(/C=C2\SC(=O)N(Cc3cccc(C)c3)C2=O)cc1OCc1cccc2ccccc12. The first-order valence-electron chi connectivity index (χ1n) is 11.6. The van der Waals surface area contributed by atoms with Crippen molar-refractivity contribution in [2.45, 2.75) is 20.1 Å². The van der Waals surface area contributed by atoms with Crippen molar-refractivity contribution in [2.24, 2.45) is 0 Å². The van der Waals surface area contributed by atoms with Gasteiger partial charge in [-0.2, -0.15) is 0 Å². The zero-order valence-corrected chi connectivity index (χ0v) is 20.9. The van der Waals surface area contributed by atoms with Crippen LogP contribution in [0.25, 0.3) is 16.8 Å². The van der Waals surface area contributed by atoms with E-state index in [1.54, 1.807) is 19.3 Å². The molecule has 6 heteroatoms. The molecular formula is C30H25NO4S. The van der Waals surface area contributed by atoms with Crippen molar-refractivity contribution < 1.29 is 19.1 Å². The lowest BCUT2D eigenvalue weighted by Gasteiger charge is -2.13. The summed E-state index contributed by atoms with van der Waals surface area (Å²) in [5.41, 5.74) is 3.83. The molecule has 180 valence electrons. The van der Waals surface area contributed by atoms with Gasteiger partial charge in [-0.1, -0.05) is 78.4 Å². The Labute approximate surface area is 214 Å². The maximum atomic E-state index is 13.0. The van der Waals surface area contributed by atoms with Crippen LogP contribution in [-0.2, 0) is 17.9 Å². The lowest BCUT2D eigenvalue weighted by molar-refractivity contribution is -0.123. The van der Waals surface area contributed by atoms with Gasteiger partial charge in [-0.25, -0.2) is 0 Å². The first-order chi connectivity index (χ1) is 17.5. The minimum atomic E-state index is -0.291. The second kappa shape index (κ2) is 10.3. The molecule has 0 unspecified atom stereocenters. The van der Waals surface area contributed by atoms with Crippen LogP contribution >= 0.6 is 11.8 Å². The van der Waals surface area contributed by atoms with Crippen LogP contribution in [0.3, 0.4) is 0 Å². The van der Waals surface area contributed by atoms with Gasteiger partial charge in [0.05, 0.1) is 18.6 Å². The summed E-state index contributed by atoms with van der Waals surface area (Å²) in [4.78, 5) is 27.3. The van der Waals surface area contributed by atoms with Crippen LogP contribution in [0.5, 0.6) is 11.5 Å². The quantitative estimate of drug-likeness (QED) is 0.259. The monoisotopic (exact) mass is 495 g/mol. The average molecular weight is 496 g/mol. The zero-order valence-electron chi connectivity index (χ0n) is 20.1. The highest BCUT2D eigenvalue weighted by Crippen LogP contribution is 2.35. The Morgan fingerprint density at radius 2 is 1.69 bits per heavy atom. The molecule has 1 aliphatic heterocycles. The zero-order chi connectivity index (χ0) is 25.1. The van der Waals surface area contributed by atoms with E-state index in [-0.39, 0.29) is 17.7 Å². The molecule has 0 N–H and O–H groups in total. The summed E-state index contributed by atoms with van der Waals surface area (Å²) < 4.78 is 11.7. The summed E-state index contributed by atoms with van der Waals surface area (Å²) in [5, 5.41) is 2.02. The smallest absolute Gasteiger partial charge is 0.293 e. The lowest BCUT2D eigenvalue weighted by atomic mass is 10.1. The number of ether oxygens (including phenoxy) is 2. The molecule has 5 nitrogen and oxygen atoms in total. The van der Waals surface area contributed by atoms with Crippen molar-refractivity contribution >= 4 is 39.8 Å². The van der Waals surface area contributed by atoms with Gasteiger partial charge >= 0.3 is 0 Å². The first kappa shape index (κ1) is 23.7. The minimum absolute atomic E-state index is 0.256. The van der Waals surface area contributed by atoms with Crippen molar-refractivity contribution in [1.29, 1.82) is 0 Å². The van der Waals surface area contributed by atoms with E-state index in [0.717, 1.165) is 44.8 Å². The number of hydrogen-bond acceptors (Lipinski definition) is 5. The standard InChI is InChI=1S/C30H25NO4S/c1-20-7-5-8-22(15-20)18-31-29(32)28(36-30(31)33)17-21-13-14-26(34-2)27(16-21)35-19-24-11-6-10-23-9-3-4-12-25(23)24/h3-17H,18-19H2,1-2H3/b28-17-. The molecule has 1 heterocycles. The fraction of sp³-hybridized carbons (Fsp3) is 0.133. The van der Waals surface area contributed by atoms with E-state index in [4.69, 9.17) is 9.47 Å². The maximum absolute atomic E-state index is 13.0. The average Bonchev–Trinajstić information content (AvgIpc) is 3.14. The second-order valence-corrected chi connectivity index (χ2v) is 9.59. The molecule has 1 aliphatic rings. The number of aryl methyl sites for hydroxylation is 1. The van der Waals surface area contributed by atoms with Crippen LogP contribution in [0, 0.1) is 6.92 Å². The normalized spacial score (nSPS) is 14.6. The van der Waals surface area contributed by atoms with Crippen molar-refractivity contribution in [1.82, 2.24) is 4.90 Å². The molecule has 0 saturated carbocycles. The molecule has 36 heavy (non-hydrogen) atoms. The van der Waals surface area contributed by atoms with E-state index in [1.807, 2.05) is 67.6 Å². The largest absolute Gasteiger partial charge is 0.493 e. The third-order valence-electron chi connectivity index (χ3n) is 6.05. The van der Waals surface area contributed by atoms with Gasteiger partial charge < -0.3 is 9.47 Å². The van der Waals surface area contributed by atoms with Gasteiger partial charge in [0.2, 0.25) is 0 Å². The number of benzene rings is 4. The van der Waals surface area contributed by atoms with Crippen LogP contribution < -0.4 is 9.47 Å². The Morgan fingerprint density at radius 3 is 2.53 bits per heavy atom. The van der Waals surface area contributed by atoms with E-state index in [0.29, 0.717) is 23.0 Å². The van der Waals surface area contributed by atoms with Crippen molar-refractivity contribution in [3.05, 3.63) is 112 Å². The highest BCUT2D eigenvalue weighted by Gasteiger charge is 2.35. The van der Waals surface area contributed by atoms with E-state index in [1.165, 1.54) is 4.90 Å². The fourth-order valence-corrected chi connectivity index (χ4v) is 5.09. The third kappa shape index (κ3) is 4.99. The molecule has 5 rings (SSSR count). The highest BCUT2D eigenvalue weighted by molar-refractivity contribution is 8.18. The summed E-state index contributed by atoms with van der Waals surface area (Å²) in [5.74, 6) is 0.874. The fourth-order valence-electron chi connectivity index (χ4n) is 4.25. The molecule has 4 aromatic rings. The van der Waals surface area contributed by atoms with Gasteiger partial charge in [-0.05, 0) is 64.4 Å². The molecule has 1 fully saturated rings. The number of methoxy groups -OCH3 is 1. The van der Waals surface area contributed by atoms with E-state index < -0.39 is 0 Å². The van der Waals surface area contributed by atoms with Crippen molar-refractivity contribution in [2.75, 3.05) is 7.11 Å². The van der Waals surface area contributed by atoms with Crippen molar-refractivity contribution in [3.8, 4) is 11.5 Å². The van der Waals surface area contributed by atoms with Gasteiger partial charge in [0.15, 0.2) is 11.5 Å². The van der Waals surface area contributed by atoms with E-state index in [9.17, 15) is 9.59 Å². The summed E-state index contributed by atoms with van der Waals surface area (Å²) in [7, 11) is 1.59. The Hall–Kier alpha value is -4.03. The number of thioether (sulfide) groups is 1. The number of amides is 2. The molecule has 2 amide bonds. The predicted molar refractivity (Wildman–Crippen MR) is 144 cm³/mol. The topological polar surface area (TPSA) is 55.8 Å². The number of rotatable bonds is 7. The maximum Gasteiger partial charge on any atom is 0.293 e. The molecule has 0 aliphatic carbocycles. The van der Waals surface area contributed by atoms with Crippen LogP contribution in [-0.4, -0.2) is 23.2 Å². The summed E-state index contributed by atoms with van der Waals surface area (Å²) in [6.45, 7) is 2.61. The number of carbonyl (C=O) groups excluding carboxylic acids is 2. The number of imide groups is 1. The Morgan fingerprint density at radius 1 is 0.889 bits per heavy atom. The van der Waals surface area contributed by atoms with Gasteiger partial charge in [-0.3, -0.25) is 14.5 Å². The summed E-state index contributed by atoms with van der Waals surface area (Å²) in [6.07, 6.45) is 1.73. The molecule has 0 spiro atoms. The Bertz CT molecular complexity index is 1490. The predicted octanol–water partition coefficient (Wildman–Crippen LogP) is 6.97. The molecule has 0 aromatic heterocycles. The molecule has 0 bridgehead atoms. The van der Waals surface area contributed by atoms with Crippen LogP contribution in [0.15, 0.2) is 89.8 Å². The second-order valence-electron chi connectivity index (χ2n) is 8.59. The number of hydrogen-bond donors (Lipinski definition) is 0. The lowest BCUT2D eigenvalue weighted by Crippen LogP contribution is -2.27. The van der Waals surface area contributed by atoms with Crippen LogP contribution in [0.4, 0.5) is 4.79 Å². The van der Waals surface area contributed by atoms with E-state index >= 15 is 0 Å². The number of fused-ring (bicyclic) bond motifs is 1.